The van der Waals surface area contributed by atoms with Crippen molar-refractivity contribution in [2.45, 2.75) is 46.0 Å². The molecule has 0 aliphatic heterocycles. The second-order valence-corrected chi connectivity index (χ2v) is 3.12. The minimum atomic E-state index is 0.245. The summed E-state index contributed by atoms with van der Waals surface area (Å²) in [6, 6.07) is 0. The molecule has 0 aliphatic rings. The van der Waals surface area contributed by atoms with Crippen LogP contribution in [0.1, 0.15) is 46.0 Å². The summed E-state index contributed by atoms with van der Waals surface area (Å²) in [5.41, 5.74) is 0. The number of unbranched alkanes of at least 4 members (excludes halogenated alkanes) is 2. The zero-order valence-electron chi connectivity index (χ0n) is 8.75. The molecule has 0 saturated carbocycles. The van der Waals surface area contributed by atoms with E-state index in [4.69, 9.17) is 0 Å². The minimum absolute atomic E-state index is 0.245. The Kier molecular flexibility index (Phi) is 8.64. The molecule has 0 N–H and O–H groups in total. The Morgan fingerprint density at radius 3 is 2.54 bits per heavy atom. The largest absolute Gasteiger partial charge is 0.295 e. The number of hydrogen-bond acceptors (Lipinski definition) is 1. The minimum Gasteiger partial charge on any atom is -0.295 e. The lowest BCUT2D eigenvalue weighted by Gasteiger charge is -1.92. The van der Waals surface area contributed by atoms with Gasteiger partial charge in [0.1, 0.15) is 0 Å². The maximum Gasteiger partial charge on any atom is 0.155 e. The summed E-state index contributed by atoms with van der Waals surface area (Å²) < 4.78 is 0. The van der Waals surface area contributed by atoms with Gasteiger partial charge in [0.2, 0.25) is 0 Å². The van der Waals surface area contributed by atoms with Crippen molar-refractivity contribution in [2.24, 2.45) is 0 Å². The number of carbonyl (C=O) groups excluding carboxylic acids is 1. The molecule has 0 aromatic rings. The predicted molar refractivity (Wildman–Crippen MR) is 57.7 cm³/mol. The molecule has 0 spiro atoms. The summed E-state index contributed by atoms with van der Waals surface area (Å²) in [5.74, 6) is 0.245. The van der Waals surface area contributed by atoms with Gasteiger partial charge in [-0.2, -0.15) is 0 Å². The van der Waals surface area contributed by atoms with Gasteiger partial charge in [-0.25, -0.2) is 0 Å². The zero-order chi connectivity index (χ0) is 9.94. The fraction of sp³-hybridized carbons (Fsp3) is 0.583. The quantitative estimate of drug-likeness (QED) is 0.332. The van der Waals surface area contributed by atoms with Gasteiger partial charge in [0.25, 0.3) is 0 Å². The van der Waals surface area contributed by atoms with E-state index in [-0.39, 0.29) is 5.78 Å². The molecule has 0 bridgehead atoms. The van der Waals surface area contributed by atoms with Crippen LogP contribution >= 0.6 is 0 Å². The van der Waals surface area contributed by atoms with Gasteiger partial charge in [-0.1, -0.05) is 44.9 Å². The smallest absolute Gasteiger partial charge is 0.155 e. The molecule has 0 amide bonds. The first-order valence-electron chi connectivity index (χ1n) is 5.17. The van der Waals surface area contributed by atoms with Crippen LogP contribution in [0.5, 0.6) is 0 Å². The molecule has 0 atom stereocenters. The number of hydrogen-bond donors (Lipinski definition) is 0. The number of carbonyl (C=O) groups is 1. The Labute approximate surface area is 81.5 Å². The predicted octanol–water partition coefficient (Wildman–Crippen LogP) is 3.66. The van der Waals surface area contributed by atoms with Crippen LogP contribution in [0.3, 0.4) is 0 Å². The van der Waals surface area contributed by atoms with Crippen LogP contribution in [0.4, 0.5) is 0 Å². The molecule has 13 heavy (non-hydrogen) atoms. The summed E-state index contributed by atoms with van der Waals surface area (Å²) in [4.78, 5) is 11.2. The lowest BCUT2D eigenvalue weighted by atomic mass is 10.1. The van der Waals surface area contributed by atoms with Crippen molar-refractivity contribution < 1.29 is 4.79 Å². The second-order valence-electron chi connectivity index (χ2n) is 3.12. The van der Waals surface area contributed by atoms with Crippen molar-refractivity contribution in [1.82, 2.24) is 0 Å². The summed E-state index contributed by atoms with van der Waals surface area (Å²) in [6.07, 6.45) is 12.5. The van der Waals surface area contributed by atoms with Gasteiger partial charge in [0.05, 0.1) is 0 Å². The molecule has 1 heteroatoms. The van der Waals surface area contributed by atoms with Crippen molar-refractivity contribution in [3.8, 4) is 0 Å². The molecule has 0 unspecified atom stereocenters. The Morgan fingerprint density at radius 2 is 1.92 bits per heavy atom. The second kappa shape index (κ2) is 9.24. The summed E-state index contributed by atoms with van der Waals surface area (Å²) in [5, 5.41) is 0. The van der Waals surface area contributed by atoms with Gasteiger partial charge in [-0.15, -0.1) is 0 Å². The van der Waals surface area contributed by atoms with Crippen LogP contribution in [-0.2, 0) is 4.79 Å². The molecule has 0 heterocycles. The molecular weight excluding hydrogens is 160 g/mol. The third-order valence-electron chi connectivity index (χ3n) is 1.79. The fourth-order valence-electron chi connectivity index (χ4n) is 1.01. The lowest BCUT2D eigenvalue weighted by Crippen LogP contribution is -1.91. The molecule has 1 nitrogen and oxygen atoms in total. The van der Waals surface area contributed by atoms with Gasteiger partial charge < -0.3 is 0 Å². The third-order valence-corrected chi connectivity index (χ3v) is 1.79. The number of rotatable bonds is 7. The third kappa shape index (κ3) is 9.06. The zero-order valence-corrected chi connectivity index (χ0v) is 8.75. The lowest BCUT2D eigenvalue weighted by molar-refractivity contribution is -0.114. The van der Waals surface area contributed by atoms with E-state index < -0.39 is 0 Å². The molecule has 0 aromatic carbocycles. The Hall–Kier alpha value is -0.850. The topological polar surface area (TPSA) is 17.1 Å². The molecule has 0 rings (SSSR count). The summed E-state index contributed by atoms with van der Waals surface area (Å²) in [6.45, 7) is 4.22. The summed E-state index contributed by atoms with van der Waals surface area (Å²) in [7, 11) is 0. The molecule has 74 valence electrons. The van der Waals surface area contributed by atoms with Crippen LogP contribution in [0.2, 0.25) is 0 Å². The Bertz CT molecular complexity index is 178. The fourth-order valence-corrected chi connectivity index (χ4v) is 1.01. The maximum atomic E-state index is 11.2. The van der Waals surface area contributed by atoms with E-state index in [0.29, 0.717) is 6.42 Å². The van der Waals surface area contributed by atoms with E-state index in [1.54, 1.807) is 6.08 Å². The van der Waals surface area contributed by atoms with Crippen LogP contribution in [0.25, 0.3) is 0 Å². The first-order valence-corrected chi connectivity index (χ1v) is 5.17. The van der Waals surface area contributed by atoms with E-state index >= 15 is 0 Å². The van der Waals surface area contributed by atoms with Crippen LogP contribution in [0.15, 0.2) is 24.3 Å². The average Bonchev–Trinajstić information content (AvgIpc) is 2.13. The highest BCUT2D eigenvalue weighted by Gasteiger charge is 1.93. The highest BCUT2D eigenvalue weighted by atomic mass is 16.1. The van der Waals surface area contributed by atoms with Gasteiger partial charge >= 0.3 is 0 Å². The van der Waals surface area contributed by atoms with E-state index in [0.717, 1.165) is 19.3 Å². The number of allylic oxidation sites excluding steroid dienone is 4. The van der Waals surface area contributed by atoms with Gasteiger partial charge in [0, 0.05) is 6.42 Å². The van der Waals surface area contributed by atoms with E-state index in [9.17, 15) is 4.79 Å². The molecule has 0 aromatic heterocycles. The van der Waals surface area contributed by atoms with Crippen molar-refractivity contribution >= 4 is 5.78 Å². The molecule has 0 aliphatic carbocycles. The summed E-state index contributed by atoms with van der Waals surface area (Å²) >= 11 is 0. The molecule has 0 radical (unpaired) electrons. The maximum absolute atomic E-state index is 11.2. The van der Waals surface area contributed by atoms with Crippen LogP contribution < -0.4 is 0 Å². The normalized spacial score (nSPS) is 11.5. The van der Waals surface area contributed by atoms with Crippen LogP contribution in [0, 0.1) is 0 Å². The van der Waals surface area contributed by atoms with Gasteiger partial charge in [-0.3, -0.25) is 4.79 Å². The Balaban J connectivity index is 3.49. The van der Waals surface area contributed by atoms with E-state index in [1.165, 1.54) is 6.42 Å². The van der Waals surface area contributed by atoms with Crippen molar-refractivity contribution in [3.05, 3.63) is 24.3 Å². The average molecular weight is 180 g/mol. The van der Waals surface area contributed by atoms with Crippen molar-refractivity contribution in [1.29, 1.82) is 0 Å². The van der Waals surface area contributed by atoms with Crippen molar-refractivity contribution in [3.63, 3.8) is 0 Å². The highest BCUT2D eigenvalue weighted by molar-refractivity contribution is 5.89. The van der Waals surface area contributed by atoms with Gasteiger partial charge in [-0.05, 0) is 18.9 Å². The number of ketones is 1. The molecular formula is C12H20O. The first kappa shape index (κ1) is 12.2. The monoisotopic (exact) mass is 180 g/mol. The Morgan fingerprint density at radius 1 is 1.15 bits per heavy atom. The van der Waals surface area contributed by atoms with Gasteiger partial charge in [0.15, 0.2) is 5.78 Å². The standard InChI is InChI=1S/C12H20O/c1-3-5-7-9-11-12(13)10-8-6-4-2/h5,7,9,11H,3-4,6,8,10H2,1-2H3/b7-5+,11-9+. The highest BCUT2D eigenvalue weighted by Crippen LogP contribution is 2.00. The SMILES string of the molecule is CC/C=C/C=C/C(=O)CCCCC. The van der Waals surface area contributed by atoms with E-state index in [2.05, 4.69) is 13.8 Å². The molecule has 0 saturated heterocycles. The van der Waals surface area contributed by atoms with Crippen LogP contribution in [-0.4, -0.2) is 5.78 Å². The molecule has 0 fully saturated rings. The van der Waals surface area contributed by atoms with E-state index in [1.807, 2.05) is 18.2 Å². The van der Waals surface area contributed by atoms with Crippen molar-refractivity contribution in [2.75, 3.05) is 0 Å². The first-order chi connectivity index (χ1) is 6.31.